The number of hydrogen-bond donors (Lipinski definition) is 1. The molecule has 0 fully saturated rings. The van der Waals surface area contributed by atoms with Gasteiger partial charge in [-0.05, 0) is 31.4 Å². The first-order chi connectivity index (χ1) is 8.65. The first-order valence-electron chi connectivity index (χ1n) is 5.59. The van der Waals surface area contributed by atoms with Gasteiger partial charge in [-0.25, -0.2) is 9.97 Å². The number of aryl methyl sites for hydroxylation is 1. The van der Waals surface area contributed by atoms with Gasteiger partial charge in [0, 0.05) is 23.0 Å². The van der Waals surface area contributed by atoms with Crippen molar-refractivity contribution in [2.75, 3.05) is 5.73 Å². The van der Waals surface area contributed by atoms with Crippen molar-refractivity contribution in [3.05, 3.63) is 35.0 Å². The molecule has 0 saturated carbocycles. The van der Waals surface area contributed by atoms with E-state index < -0.39 is 0 Å². The van der Waals surface area contributed by atoms with Crippen molar-refractivity contribution in [2.45, 2.75) is 13.8 Å². The molecule has 0 unspecified atom stereocenters. The number of nitrogen functional groups attached to an aromatic ring is 1. The SMILES string of the molecule is Cc1nc(-c2cnc3ccsc3c2)nc(N)c1C. The van der Waals surface area contributed by atoms with E-state index in [0.717, 1.165) is 27.0 Å². The number of pyridine rings is 1. The van der Waals surface area contributed by atoms with Gasteiger partial charge in [-0.15, -0.1) is 11.3 Å². The molecule has 0 aliphatic carbocycles. The molecule has 3 aromatic heterocycles. The number of anilines is 1. The van der Waals surface area contributed by atoms with E-state index in [0.29, 0.717) is 11.6 Å². The number of thiophene rings is 1. The summed E-state index contributed by atoms with van der Waals surface area (Å²) in [6, 6.07) is 4.05. The molecule has 0 bridgehead atoms. The van der Waals surface area contributed by atoms with Crippen molar-refractivity contribution in [2.24, 2.45) is 0 Å². The summed E-state index contributed by atoms with van der Waals surface area (Å²) < 4.78 is 1.13. The highest BCUT2D eigenvalue weighted by Gasteiger charge is 2.08. The summed E-state index contributed by atoms with van der Waals surface area (Å²) >= 11 is 1.66. The number of aromatic nitrogens is 3. The third-order valence-corrected chi connectivity index (χ3v) is 3.84. The minimum Gasteiger partial charge on any atom is -0.383 e. The maximum absolute atomic E-state index is 5.88. The first kappa shape index (κ1) is 11.1. The predicted molar refractivity (Wildman–Crippen MR) is 74.5 cm³/mol. The molecular weight excluding hydrogens is 244 g/mol. The molecule has 90 valence electrons. The molecule has 3 heterocycles. The Hall–Kier alpha value is -2.01. The van der Waals surface area contributed by atoms with E-state index >= 15 is 0 Å². The maximum atomic E-state index is 5.88. The maximum Gasteiger partial charge on any atom is 0.163 e. The summed E-state index contributed by atoms with van der Waals surface area (Å²) in [7, 11) is 0. The average Bonchev–Trinajstić information content (AvgIpc) is 2.82. The van der Waals surface area contributed by atoms with E-state index in [4.69, 9.17) is 5.73 Å². The zero-order valence-corrected chi connectivity index (χ0v) is 11.0. The molecule has 0 amide bonds. The Kier molecular flexibility index (Phi) is 2.48. The van der Waals surface area contributed by atoms with Crippen LogP contribution in [-0.4, -0.2) is 15.0 Å². The van der Waals surface area contributed by atoms with Gasteiger partial charge in [0.25, 0.3) is 0 Å². The van der Waals surface area contributed by atoms with Crippen LogP contribution in [0.3, 0.4) is 0 Å². The molecule has 0 aliphatic heterocycles. The zero-order chi connectivity index (χ0) is 12.7. The lowest BCUT2D eigenvalue weighted by Crippen LogP contribution is -2.02. The van der Waals surface area contributed by atoms with Crippen LogP contribution in [0.5, 0.6) is 0 Å². The lowest BCUT2D eigenvalue weighted by Gasteiger charge is -2.06. The monoisotopic (exact) mass is 256 g/mol. The smallest absolute Gasteiger partial charge is 0.163 e. The highest BCUT2D eigenvalue weighted by atomic mass is 32.1. The summed E-state index contributed by atoms with van der Waals surface area (Å²) in [5.41, 5.74) is 9.63. The summed E-state index contributed by atoms with van der Waals surface area (Å²) in [5.74, 6) is 1.17. The summed E-state index contributed by atoms with van der Waals surface area (Å²) in [5, 5.41) is 2.02. The van der Waals surface area contributed by atoms with E-state index in [9.17, 15) is 0 Å². The van der Waals surface area contributed by atoms with Gasteiger partial charge in [-0.3, -0.25) is 4.98 Å². The molecule has 3 rings (SSSR count). The van der Waals surface area contributed by atoms with E-state index in [1.165, 1.54) is 0 Å². The van der Waals surface area contributed by atoms with E-state index in [-0.39, 0.29) is 0 Å². The van der Waals surface area contributed by atoms with Gasteiger partial charge in [0.15, 0.2) is 5.82 Å². The summed E-state index contributed by atoms with van der Waals surface area (Å²) in [6.07, 6.45) is 1.79. The average molecular weight is 256 g/mol. The van der Waals surface area contributed by atoms with Crippen LogP contribution < -0.4 is 5.73 Å². The molecule has 0 aromatic carbocycles. The standard InChI is InChI=1S/C13H12N4S/c1-7-8(2)16-13(17-12(7)14)9-5-11-10(15-6-9)3-4-18-11/h3-6H,1-2H3,(H2,14,16,17). The predicted octanol–water partition coefficient (Wildman–Crippen LogP) is 2.95. The molecule has 0 atom stereocenters. The van der Waals surface area contributed by atoms with Crippen LogP contribution in [0.25, 0.3) is 21.6 Å². The van der Waals surface area contributed by atoms with Crippen molar-refractivity contribution in [3.63, 3.8) is 0 Å². The minimum absolute atomic E-state index is 0.531. The van der Waals surface area contributed by atoms with Gasteiger partial charge < -0.3 is 5.73 Å². The van der Waals surface area contributed by atoms with Crippen molar-refractivity contribution in [1.29, 1.82) is 0 Å². The van der Waals surface area contributed by atoms with Crippen LogP contribution >= 0.6 is 11.3 Å². The Morgan fingerprint density at radius 3 is 2.83 bits per heavy atom. The van der Waals surface area contributed by atoms with Crippen molar-refractivity contribution < 1.29 is 0 Å². The van der Waals surface area contributed by atoms with Gasteiger partial charge in [-0.2, -0.15) is 0 Å². The van der Waals surface area contributed by atoms with Crippen LogP contribution in [-0.2, 0) is 0 Å². The number of rotatable bonds is 1. The van der Waals surface area contributed by atoms with Gasteiger partial charge in [-0.1, -0.05) is 0 Å². The highest BCUT2D eigenvalue weighted by molar-refractivity contribution is 7.17. The molecular formula is C13H12N4S. The summed E-state index contributed by atoms with van der Waals surface area (Å²) in [6.45, 7) is 3.86. The van der Waals surface area contributed by atoms with E-state index in [1.54, 1.807) is 17.5 Å². The van der Waals surface area contributed by atoms with Crippen molar-refractivity contribution >= 4 is 27.4 Å². The van der Waals surface area contributed by atoms with Crippen LogP contribution in [0, 0.1) is 13.8 Å². The van der Waals surface area contributed by atoms with Gasteiger partial charge in [0.05, 0.1) is 10.2 Å². The molecule has 0 aliphatic rings. The second-order valence-electron chi connectivity index (χ2n) is 4.17. The van der Waals surface area contributed by atoms with E-state index in [2.05, 4.69) is 21.0 Å². The van der Waals surface area contributed by atoms with Crippen molar-refractivity contribution in [3.8, 4) is 11.4 Å². The third-order valence-electron chi connectivity index (χ3n) is 2.99. The number of nitrogens with zero attached hydrogens (tertiary/aromatic N) is 3. The molecule has 0 spiro atoms. The first-order valence-corrected chi connectivity index (χ1v) is 6.47. The van der Waals surface area contributed by atoms with Gasteiger partial charge >= 0.3 is 0 Å². The Labute approximate surface area is 109 Å². The Morgan fingerprint density at radius 2 is 2.06 bits per heavy atom. The topological polar surface area (TPSA) is 64.7 Å². The molecule has 4 nitrogen and oxygen atoms in total. The Bertz CT molecular complexity index is 710. The van der Waals surface area contributed by atoms with Crippen LogP contribution in [0.1, 0.15) is 11.3 Å². The molecule has 2 N–H and O–H groups in total. The Balaban J connectivity index is 2.19. The van der Waals surface area contributed by atoms with Crippen LogP contribution in [0.15, 0.2) is 23.7 Å². The molecule has 0 radical (unpaired) electrons. The van der Waals surface area contributed by atoms with E-state index in [1.807, 2.05) is 25.3 Å². The lowest BCUT2D eigenvalue weighted by atomic mass is 10.2. The Morgan fingerprint density at radius 1 is 1.22 bits per heavy atom. The number of nitrogens with two attached hydrogens (primary N) is 1. The largest absolute Gasteiger partial charge is 0.383 e. The fraction of sp³-hybridized carbons (Fsp3) is 0.154. The van der Waals surface area contributed by atoms with Crippen LogP contribution in [0.4, 0.5) is 5.82 Å². The van der Waals surface area contributed by atoms with Gasteiger partial charge in [0.1, 0.15) is 5.82 Å². The second-order valence-corrected chi connectivity index (χ2v) is 5.12. The fourth-order valence-corrected chi connectivity index (χ4v) is 2.53. The molecule has 0 saturated heterocycles. The third kappa shape index (κ3) is 1.73. The van der Waals surface area contributed by atoms with Crippen LogP contribution in [0.2, 0.25) is 0 Å². The minimum atomic E-state index is 0.531. The lowest BCUT2D eigenvalue weighted by molar-refractivity contribution is 1.08. The number of hydrogen-bond acceptors (Lipinski definition) is 5. The fourth-order valence-electron chi connectivity index (χ4n) is 1.75. The quantitative estimate of drug-likeness (QED) is 0.727. The molecule has 5 heteroatoms. The van der Waals surface area contributed by atoms with Gasteiger partial charge in [0.2, 0.25) is 0 Å². The van der Waals surface area contributed by atoms with Crippen molar-refractivity contribution in [1.82, 2.24) is 15.0 Å². The molecule has 18 heavy (non-hydrogen) atoms. The normalized spacial score (nSPS) is 11.0. The highest BCUT2D eigenvalue weighted by Crippen LogP contribution is 2.25. The second kappa shape index (κ2) is 4.03. The molecule has 3 aromatic rings. The number of fused-ring (bicyclic) bond motifs is 1. The zero-order valence-electron chi connectivity index (χ0n) is 10.1. The summed E-state index contributed by atoms with van der Waals surface area (Å²) in [4.78, 5) is 13.2.